The average Bonchev–Trinajstić information content (AvgIpc) is 2.84. The zero-order valence-electron chi connectivity index (χ0n) is 14.4. The van der Waals surface area contributed by atoms with Crippen LogP contribution in [0.25, 0.3) is 0 Å². The number of carbonyl (C=O) groups is 1. The Morgan fingerprint density at radius 3 is 2.41 bits per heavy atom. The number of cyclic esters (lactones) is 1. The first kappa shape index (κ1) is 16.9. The van der Waals surface area contributed by atoms with E-state index in [1.54, 1.807) is 4.90 Å². The van der Waals surface area contributed by atoms with Crippen LogP contribution in [0.15, 0.2) is 24.3 Å². The topological polar surface area (TPSA) is 29.5 Å². The van der Waals surface area contributed by atoms with Gasteiger partial charge in [-0.1, -0.05) is 59.1 Å². The highest BCUT2D eigenvalue weighted by Crippen LogP contribution is 2.28. The fourth-order valence-corrected chi connectivity index (χ4v) is 2.82. The third-order valence-electron chi connectivity index (χ3n) is 4.30. The van der Waals surface area contributed by atoms with Gasteiger partial charge in [0, 0.05) is 5.69 Å². The summed E-state index contributed by atoms with van der Waals surface area (Å²) >= 11 is 0. The normalized spacial score (nSPS) is 18.6. The minimum Gasteiger partial charge on any atom is -0.444 e. The van der Waals surface area contributed by atoms with E-state index >= 15 is 0 Å². The number of unbranched alkanes of at least 4 members (excludes halogenated alkanes) is 3. The van der Waals surface area contributed by atoms with Crippen molar-refractivity contribution in [2.75, 3.05) is 11.4 Å². The largest absolute Gasteiger partial charge is 0.444 e. The van der Waals surface area contributed by atoms with Crippen LogP contribution < -0.4 is 4.90 Å². The van der Waals surface area contributed by atoms with Gasteiger partial charge in [0.25, 0.3) is 0 Å². The zero-order chi connectivity index (χ0) is 16.2. The molecule has 1 heterocycles. The molecule has 1 atom stereocenters. The van der Waals surface area contributed by atoms with Gasteiger partial charge < -0.3 is 4.74 Å². The van der Waals surface area contributed by atoms with Crippen molar-refractivity contribution < 1.29 is 9.53 Å². The Balaban J connectivity index is 1.94. The van der Waals surface area contributed by atoms with Gasteiger partial charge in [-0.3, -0.25) is 4.90 Å². The third kappa shape index (κ3) is 4.25. The van der Waals surface area contributed by atoms with Crippen molar-refractivity contribution >= 4 is 11.8 Å². The molecular formula is C19H29NO2. The Bertz CT molecular complexity index is 487. The first-order chi connectivity index (χ1) is 10.4. The lowest BCUT2D eigenvalue weighted by Crippen LogP contribution is -2.24. The van der Waals surface area contributed by atoms with Gasteiger partial charge in [0.2, 0.25) is 0 Å². The minimum atomic E-state index is -0.205. The first-order valence-corrected chi connectivity index (χ1v) is 8.50. The molecule has 1 amide bonds. The number of ether oxygens (including phenoxy) is 1. The number of anilines is 1. The molecule has 1 saturated heterocycles. The molecule has 1 aliphatic rings. The molecule has 1 aliphatic heterocycles. The van der Waals surface area contributed by atoms with Crippen molar-refractivity contribution in [3.8, 4) is 0 Å². The fourth-order valence-electron chi connectivity index (χ4n) is 2.82. The standard InChI is InChI=1S/C19H29NO2/c1-5-6-7-8-9-17-14-20(18(21)22-17)16-12-10-15(11-13-16)19(2,3)4/h10-13,17H,5-9,14H2,1-4H3. The van der Waals surface area contributed by atoms with Crippen LogP contribution in [0.2, 0.25) is 0 Å². The van der Waals surface area contributed by atoms with Crippen LogP contribution in [0.4, 0.5) is 10.5 Å². The van der Waals surface area contributed by atoms with E-state index in [0.29, 0.717) is 6.54 Å². The SMILES string of the molecule is CCCCCCC1CN(c2ccc(C(C)(C)C)cc2)C(=O)O1. The molecule has 122 valence electrons. The van der Waals surface area contributed by atoms with Crippen LogP contribution in [0.1, 0.15) is 65.4 Å². The van der Waals surface area contributed by atoms with Crippen LogP contribution in [-0.2, 0) is 10.2 Å². The summed E-state index contributed by atoms with van der Waals surface area (Å²) in [6.07, 6.45) is 5.68. The average molecular weight is 303 g/mol. The Kier molecular flexibility index (Phi) is 5.49. The van der Waals surface area contributed by atoms with E-state index in [1.165, 1.54) is 24.8 Å². The molecule has 0 N–H and O–H groups in total. The lowest BCUT2D eigenvalue weighted by atomic mass is 9.87. The maximum Gasteiger partial charge on any atom is 0.414 e. The molecule has 0 radical (unpaired) electrons. The molecule has 0 spiro atoms. The highest BCUT2D eigenvalue weighted by molar-refractivity contribution is 5.89. The minimum absolute atomic E-state index is 0.0478. The molecule has 1 aromatic carbocycles. The summed E-state index contributed by atoms with van der Waals surface area (Å²) in [6.45, 7) is 9.47. The van der Waals surface area contributed by atoms with Crippen molar-refractivity contribution in [1.29, 1.82) is 0 Å². The van der Waals surface area contributed by atoms with Crippen LogP contribution >= 0.6 is 0 Å². The second-order valence-electron chi connectivity index (χ2n) is 7.26. The van der Waals surface area contributed by atoms with Gasteiger partial charge in [-0.05, 0) is 36.0 Å². The Hall–Kier alpha value is -1.51. The van der Waals surface area contributed by atoms with E-state index in [9.17, 15) is 4.79 Å². The van der Waals surface area contributed by atoms with E-state index in [2.05, 4.69) is 39.8 Å². The smallest absolute Gasteiger partial charge is 0.414 e. The molecule has 0 aliphatic carbocycles. The van der Waals surface area contributed by atoms with E-state index in [-0.39, 0.29) is 17.6 Å². The predicted molar refractivity (Wildman–Crippen MR) is 91.5 cm³/mol. The van der Waals surface area contributed by atoms with E-state index in [1.807, 2.05) is 12.1 Å². The van der Waals surface area contributed by atoms with E-state index in [0.717, 1.165) is 18.5 Å². The lowest BCUT2D eigenvalue weighted by Gasteiger charge is -2.20. The van der Waals surface area contributed by atoms with Crippen LogP contribution in [-0.4, -0.2) is 18.7 Å². The number of nitrogens with zero attached hydrogens (tertiary/aromatic N) is 1. The number of amides is 1. The van der Waals surface area contributed by atoms with Gasteiger partial charge in [-0.2, -0.15) is 0 Å². The molecule has 1 fully saturated rings. The molecular weight excluding hydrogens is 274 g/mol. The molecule has 0 saturated carbocycles. The van der Waals surface area contributed by atoms with E-state index < -0.39 is 0 Å². The summed E-state index contributed by atoms with van der Waals surface area (Å²) in [5.74, 6) is 0. The molecule has 2 rings (SSSR count). The van der Waals surface area contributed by atoms with Crippen LogP contribution in [0.3, 0.4) is 0 Å². The Morgan fingerprint density at radius 2 is 1.82 bits per heavy atom. The number of carbonyl (C=O) groups excluding carboxylic acids is 1. The van der Waals surface area contributed by atoms with Crippen molar-refractivity contribution in [3.63, 3.8) is 0 Å². The summed E-state index contributed by atoms with van der Waals surface area (Å²) < 4.78 is 5.49. The predicted octanol–water partition coefficient (Wildman–Crippen LogP) is 5.28. The lowest BCUT2D eigenvalue weighted by molar-refractivity contribution is 0.135. The third-order valence-corrected chi connectivity index (χ3v) is 4.30. The molecule has 0 bridgehead atoms. The summed E-state index contributed by atoms with van der Waals surface area (Å²) in [5.41, 5.74) is 2.35. The first-order valence-electron chi connectivity index (χ1n) is 8.50. The number of benzene rings is 1. The van der Waals surface area contributed by atoms with Crippen LogP contribution in [0, 0.1) is 0 Å². The Morgan fingerprint density at radius 1 is 1.14 bits per heavy atom. The van der Waals surface area contributed by atoms with Crippen molar-refractivity contribution in [2.45, 2.75) is 71.3 Å². The summed E-state index contributed by atoms with van der Waals surface area (Å²) in [5, 5.41) is 0. The Labute approximate surface area is 134 Å². The van der Waals surface area contributed by atoms with E-state index in [4.69, 9.17) is 4.74 Å². The number of hydrogen-bond donors (Lipinski definition) is 0. The number of hydrogen-bond acceptors (Lipinski definition) is 2. The van der Waals surface area contributed by atoms with Crippen molar-refractivity contribution in [3.05, 3.63) is 29.8 Å². The van der Waals surface area contributed by atoms with Gasteiger partial charge in [0.1, 0.15) is 6.10 Å². The van der Waals surface area contributed by atoms with Crippen molar-refractivity contribution in [1.82, 2.24) is 0 Å². The zero-order valence-corrected chi connectivity index (χ0v) is 14.4. The molecule has 3 heteroatoms. The summed E-state index contributed by atoms with van der Waals surface area (Å²) in [6, 6.07) is 8.27. The second kappa shape index (κ2) is 7.17. The highest BCUT2D eigenvalue weighted by atomic mass is 16.6. The second-order valence-corrected chi connectivity index (χ2v) is 7.26. The fraction of sp³-hybridized carbons (Fsp3) is 0.632. The van der Waals surface area contributed by atoms with Crippen molar-refractivity contribution in [2.24, 2.45) is 0 Å². The van der Waals surface area contributed by atoms with Crippen LogP contribution in [0.5, 0.6) is 0 Å². The number of rotatable bonds is 6. The highest BCUT2D eigenvalue weighted by Gasteiger charge is 2.31. The maximum atomic E-state index is 12.1. The summed E-state index contributed by atoms with van der Waals surface area (Å²) in [7, 11) is 0. The van der Waals surface area contributed by atoms with Gasteiger partial charge in [0.15, 0.2) is 0 Å². The molecule has 1 aromatic rings. The molecule has 0 aromatic heterocycles. The summed E-state index contributed by atoms with van der Waals surface area (Å²) in [4.78, 5) is 13.8. The molecule has 22 heavy (non-hydrogen) atoms. The maximum absolute atomic E-state index is 12.1. The molecule has 3 nitrogen and oxygen atoms in total. The van der Waals surface area contributed by atoms with Gasteiger partial charge in [0.05, 0.1) is 6.54 Å². The quantitative estimate of drug-likeness (QED) is 0.669. The van der Waals surface area contributed by atoms with Gasteiger partial charge in [-0.15, -0.1) is 0 Å². The van der Waals surface area contributed by atoms with Gasteiger partial charge in [-0.25, -0.2) is 4.79 Å². The molecule has 1 unspecified atom stereocenters. The van der Waals surface area contributed by atoms with Gasteiger partial charge >= 0.3 is 6.09 Å². The monoisotopic (exact) mass is 303 g/mol.